The van der Waals surface area contributed by atoms with Crippen LogP contribution in [-0.2, 0) is 9.84 Å². The molecule has 2 aliphatic rings. The molecular weight excluding hydrogens is 278 g/mol. The number of nitrogens with zero attached hydrogens (tertiary/aromatic N) is 1. The molecule has 0 radical (unpaired) electrons. The number of hydrogen-bond acceptors (Lipinski definition) is 3. The summed E-state index contributed by atoms with van der Waals surface area (Å²) >= 11 is 0. The van der Waals surface area contributed by atoms with E-state index in [0.717, 1.165) is 12.8 Å². The molecule has 0 saturated carbocycles. The molecule has 0 spiro atoms. The van der Waals surface area contributed by atoms with Crippen LogP contribution in [0, 0.1) is 0 Å². The van der Waals surface area contributed by atoms with Crippen LogP contribution in [0.15, 0.2) is 35.2 Å². The lowest BCUT2D eigenvalue weighted by atomic mass is 10.0. The van der Waals surface area contributed by atoms with Crippen LogP contribution < -0.4 is 0 Å². The molecule has 2 fully saturated rings. The predicted molar refractivity (Wildman–Crippen MR) is 73.3 cm³/mol. The van der Waals surface area contributed by atoms with Gasteiger partial charge < -0.3 is 10.0 Å². The smallest absolute Gasteiger partial charge is 0.407 e. The lowest BCUT2D eigenvalue weighted by Crippen LogP contribution is -2.49. The predicted octanol–water partition coefficient (Wildman–Crippen LogP) is 2.13. The van der Waals surface area contributed by atoms with Crippen molar-refractivity contribution in [3.63, 3.8) is 0 Å². The average Bonchev–Trinajstić information content (AvgIpc) is 2.70. The number of fused-ring (bicyclic) bond motifs is 2. The summed E-state index contributed by atoms with van der Waals surface area (Å²) in [6, 6.07) is 8.16. The lowest BCUT2D eigenvalue weighted by Gasteiger charge is -2.36. The molecule has 1 amide bonds. The van der Waals surface area contributed by atoms with E-state index in [2.05, 4.69) is 0 Å². The second-order valence-corrected chi connectivity index (χ2v) is 7.75. The normalized spacial score (nSPS) is 29.4. The summed E-state index contributed by atoms with van der Waals surface area (Å²) in [6.45, 7) is 0. The van der Waals surface area contributed by atoms with Crippen molar-refractivity contribution in [3.8, 4) is 0 Å². The number of piperidine rings is 1. The molecule has 1 unspecified atom stereocenters. The van der Waals surface area contributed by atoms with Gasteiger partial charge in [-0.05, 0) is 37.8 Å². The summed E-state index contributed by atoms with van der Waals surface area (Å²) in [5.74, 6) is 0. The Balaban J connectivity index is 1.86. The molecule has 5 nitrogen and oxygen atoms in total. The molecule has 6 heteroatoms. The highest BCUT2D eigenvalue weighted by molar-refractivity contribution is 7.92. The molecule has 3 rings (SSSR count). The third-order valence-corrected chi connectivity index (χ3v) is 6.61. The fraction of sp³-hybridized carbons (Fsp3) is 0.500. The molecule has 2 bridgehead atoms. The minimum atomic E-state index is -3.36. The van der Waals surface area contributed by atoms with Gasteiger partial charge in [0.25, 0.3) is 0 Å². The van der Waals surface area contributed by atoms with Gasteiger partial charge in [0.1, 0.15) is 0 Å². The molecule has 0 aromatic heterocycles. The molecule has 20 heavy (non-hydrogen) atoms. The summed E-state index contributed by atoms with van der Waals surface area (Å²) in [6.07, 6.45) is 1.46. The first-order valence-corrected chi connectivity index (χ1v) is 8.35. The number of carboxylic acid groups (broad SMARTS) is 1. The van der Waals surface area contributed by atoms with Gasteiger partial charge in [-0.1, -0.05) is 18.2 Å². The van der Waals surface area contributed by atoms with Crippen molar-refractivity contribution in [2.75, 3.05) is 0 Å². The minimum absolute atomic E-state index is 0.144. The summed E-state index contributed by atoms with van der Waals surface area (Å²) < 4.78 is 25.2. The Hall–Kier alpha value is -1.56. The van der Waals surface area contributed by atoms with Crippen LogP contribution >= 0.6 is 0 Å². The van der Waals surface area contributed by atoms with Gasteiger partial charge in [-0.2, -0.15) is 0 Å². The van der Waals surface area contributed by atoms with Crippen molar-refractivity contribution >= 4 is 15.9 Å². The van der Waals surface area contributed by atoms with Crippen LogP contribution in [0.5, 0.6) is 0 Å². The molecule has 0 aliphatic carbocycles. The Kier molecular flexibility index (Phi) is 3.20. The van der Waals surface area contributed by atoms with E-state index in [4.69, 9.17) is 0 Å². The number of benzene rings is 1. The van der Waals surface area contributed by atoms with E-state index in [-0.39, 0.29) is 12.1 Å². The molecule has 2 aliphatic heterocycles. The molecule has 1 aromatic rings. The first-order valence-electron chi connectivity index (χ1n) is 6.80. The zero-order chi connectivity index (χ0) is 14.3. The molecule has 2 heterocycles. The average molecular weight is 295 g/mol. The maximum Gasteiger partial charge on any atom is 0.407 e. The van der Waals surface area contributed by atoms with E-state index in [9.17, 15) is 18.3 Å². The topological polar surface area (TPSA) is 74.7 Å². The highest BCUT2D eigenvalue weighted by atomic mass is 32.2. The van der Waals surface area contributed by atoms with Crippen LogP contribution in [0.25, 0.3) is 0 Å². The van der Waals surface area contributed by atoms with Crippen LogP contribution in [0.3, 0.4) is 0 Å². The van der Waals surface area contributed by atoms with E-state index in [1.54, 1.807) is 30.3 Å². The van der Waals surface area contributed by atoms with Gasteiger partial charge >= 0.3 is 6.09 Å². The quantitative estimate of drug-likeness (QED) is 0.907. The molecule has 1 aromatic carbocycles. The summed E-state index contributed by atoms with van der Waals surface area (Å²) in [7, 11) is -3.36. The fourth-order valence-electron chi connectivity index (χ4n) is 3.50. The van der Waals surface area contributed by atoms with Crippen molar-refractivity contribution in [2.24, 2.45) is 0 Å². The first kappa shape index (κ1) is 13.4. The van der Waals surface area contributed by atoms with Crippen molar-refractivity contribution < 1.29 is 18.3 Å². The highest BCUT2D eigenvalue weighted by Gasteiger charge is 2.47. The molecule has 1 N–H and O–H groups in total. The Labute approximate surface area is 118 Å². The van der Waals surface area contributed by atoms with Crippen LogP contribution in [-0.4, -0.2) is 41.9 Å². The van der Waals surface area contributed by atoms with E-state index in [1.165, 1.54) is 4.90 Å². The number of sulfone groups is 1. The van der Waals surface area contributed by atoms with Gasteiger partial charge in [-0.15, -0.1) is 0 Å². The van der Waals surface area contributed by atoms with Gasteiger partial charge in [0.2, 0.25) is 0 Å². The SMILES string of the molecule is O=C(O)N1[C@@H]2CC[C@H]1CC(S(=O)(=O)c1ccccc1)C2. The monoisotopic (exact) mass is 295 g/mol. The third kappa shape index (κ3) is 2.08. The van der Waals surface area contributed by atoms with Crippen LogP contribution in [0.1, 0.15) is 25.7 Å². The van der Waals surface area contributed by atoms with Crippen LogP contribution in [0.2, 0.25) is 0 Å². The van der Waals surface area contributed by atoms with E-state index in [0.29, 0.717) is 17.7 Å². The standard InChI is InChI=1S/C14H17NO4S/c16-14(17)15-10-6-7-11(15)9-13(8-10)20(18,19)12-4-2-1-3-5-12/h1-5,10-11,13H,6-9H2,(H,16,17)/t10-,11+,13?. The van der Waals surface area contributed by atoms with E-state index >= 15 is 0 Å². The first-order chi connectivity index (χ1) is 9.50. The summed E-state index contributed by atoms with van der Waals surface area (Å²) in [4.78, 5) is 13.0. The Morgan fingerprint density at radius 2 is 1.65 bits per heavy atom. The van der Waals surface area contributed by atoms with Gasteiger partial charge in [-0.25, -0.2) is 13.2 Å². The number of amides is 1. The molecular formula is C14H17NO4S. The minimum Gasteiger partial charge on any atom is -0.465 e. The van der Waals surface area contributed by atoms with Crippen molar-refractivity contribution in [3.05, 3.63) is 30.3 Å². The van der Waals surface area contributed by atoms with E-state index < -0.39 is 21.2 Å². The number of rotatable bonds is 2. The van der Waals surface area contributed by atoms with E-state index in [1.807, 2.05) is 0 Å². The van der Waals surface area contributed by atoms with Gasteiger partial charge in [0.05, 0.1) is 10.1 Å². The zero-order valence-electron chi connectivity index (χ0n) is 11.0. The fourth-order valence-corrected chi connectivity index (χ4v) is 5.37. The Morgan fingerprint density at radius 1 is 1.10 bits per heavy atom. The molecule has 108 valence electrons. The molecule has 3 atom stereocenters. The van der Waals surface area contributed by atoms with Crippen molar-refractivity contribution in [1.82, 2.24) is 4.90 Å². The second kappa shape index (κ2) is 4.77. The lowest BCUT2D eigenvalue weighted by molar-refractivity contribution is 0.103. The van der Waals surface area contributed by atoms with Gasteiger partial charge in [0.15, 0.2) is 9.84 Å². The number of hydrogen-bond donors (Lipinski definition) is 1. The molecule has 2 saturated heterocycles. The van der Waals surface area contributed by atoms with Gasteiger partial charge in [0, 0.05) is 12.1 Å². The largest absolute Gasteiger partial charge is 0.465 e. The summed E-state index contributed by atoms with van der Waals surface area (Å²) in [5, 5.41) is 8.74. The number of carbonyl (C=O) groups is 1. The Morgan fingerprint density at radius 3 is 2.15 bits per heavy atom. The van der Waals surface area contributed by atoms with Crippen molar-refractivity contribution in [2.45, 2.75) is 47.9 Å². The second-order valence-electron chi connectivity index (χ2n) is 5.53. The van der Waals surface area contributed by atoms with Gasteiger partial charge in [-0.3, -0.25) is 0 Å². The summed E-state index contributed by atoms with van der Waals surface area (Å²) in [5.41, 5.74) is 0. The van der Waals surface area contributed by atoms with Crippen molar-refractivity contribution in [1.29, 1.82) is 0 Å². The maximum atomic E-state index is 12.6. The van der Waals surface area contributed by atoms with Crippen LogP contribution in [0.4, 0.5) is 4.79 Å². The third-order valence-electron chi connectivity index (χ3n) is 4.42. The Bertz CT molecular complexity index is 599. The highest BCUT2D eigenvalue weighted by Crippen LogP contribution is 2.39. The zero-order valence-corrected chi connectivity index (χ0v) is 11.8. The maximum absolute atomic E-state index is 12.6.